The molecule has 0 bridgehead atoms. The number of hydrogen-bond donors (Lipinski definition) is 3. The lowest BCUT2D eigenvalue weighted by Crippen LogP contribution is -2.37. The van der Waals surface area contributed by atoms with E-state index < -0.39 is 54.3 Å². The Labute approximate surface area is 104 Å². The lowest BCUT2D eigenvalue weighted by Gasteiger charge is -2.08. The summed E-state index contributed by atoms with van der Waals surface area (Å²) in [5, 5.41) is 16.6. The highest BCUT2D eigenvalue weighted by atomic mass is 32.2. The Hall–Kier alpha value is -0.750. The second-order valence-electron chi connectivity index (χ2n) is 4.45. The summed E-state index contributed by atoms with van der Waals surface area (Å²) in [6.07, 6.45) is -1.92. The Bertz CT molecular complexity index is 583. The van der Waals surface area contributed by atoms with Crippen LogP contribution in [0.4, 0.5) is 0 Å². The zero-order chi connectivity index (χ0) is 13.8. The number of carboxylic acid groups (broad SMARTS) is 1. The Morgan fingerprint density at radius 3 is 2.44 bits per heavy atom. The van der Waals surface area contributed by atoms with E-state index in [0.717, 1.165) is 0 Å². The van der Waals surface area contributed by atoms with Crippen LogP contribution in [0.25, 0.3) is 0 Å². The summed E-state index contributed by atoms with van der Waals surface area (Å²) in [4.78, 5) is 10.3. The molecule has 0 saturated carbocycles. The quantitative estimate of drug-likeness (QED) is 0.356. The molecule has 1 spiro atoms. The molecular weight excluding hydrogens is 288 g/mol. The zero-order valence-corrected chi connectivity index (χ0v) is 10.8. The van der Waals surface area contributed by atoms with E-state index in [0.29, 0.717) is 0 Å². The number of nitrogens with one attached hydrogen (secondary N) is 1. The Morgan fingerprint density at radius 1 is 1.50 bits per heavy atom. The van der Waals surface area contributed by atoms with Gasteiger partial charge in [0.25, 0.3) is 15.4 Å². The van der Waals surface area contributed by atoms with Crippen LogP contribution in [0.2, 0.25) is 0 Å². The summed E-state index contributed by atoms with van der Waals surface area (Å²) in [5.74, 6) is -1.42. The zero-order valence-electron chi connectivity index (χ0n) is 9.18. The van der Waals surface area contributed by atoms with Crippen LogP contribution < -0.4 is 4.72 Å². The van der Waals surface area contributed by atoms with E-state index in [-0.39, 0.29) is 12.4 Å². The van der Waals surface area contributed by atoms with E-state index in [1.807, 2.05) is 4.72 Å². The monoisotopic (exact) mass is 301 g/mol. The molecule has 3 unspecified atom stereocenters. The van der Waals surface area contributed by atoms with E-state index in [1.54, 1.807) is 0 Å². The van der Waals surface area contributed by atoms with Gasteiger partial charge in [0.15, 0.2) is 6.54 Å². The number of aliphatic hydroxyl groups is 1. The Kier molecular flexibility index (Phi) is 2.94. The highest BCUT2D eigenvalue weighted by molar-refractivity contribution is 7.94. The smallest absolute Gasteiger partial charge is 0.351 e. The second-order valence-corrected chi connectivity index (χ2v) is 8.52. The van der Waals surface area contributed by atoms with Gasteiger partial charge >= 0.3 is 16.0 Å². The first kappa shape index (κ1) is 13.7. The maximum Gasteiger partial charge on any atom is 0.351 e. The van der Waals surface area contributed by atoms with Crippen LogP contribution in [-0.4, -0.2) is 67.4 Å². The number of carboxylic acids is 1. The Morgan fingerprint density at radius 2 is 2.06 bits per heavy atom. The molecule has 2 aliphatic heterocycles. The number of sulfonamides is 2. The van der Waals surface area contributed by atoms with Crippen LogP contribution in [0, 0.1) is 0 Å². The van der Waals surface area contributed by atoms with Gasteiger partial charge in [-0.2, -0.15) is 12.3 Å². The molecule has 0 aromatic rings. The van der Waals surface area contributed by atoms with Gasteiger partial charge in [0.2, 0.25) is 5.88 Å². The van der Waals surface area contributed by atoms with Crippen LogP contribution >= 0.6 is 0 Å². The number of aliphatic carboxylic acids is 1. The van der Waals surface area contributed by atoms with Gasteiger partial charge in [-0.3, -0.25) is 4.79 Å². The van der Waals surface area contributed by atoms with Gasteiger partial charge in [0.1, 0.15) is 0 Å². The molecule has 9 nitrogen and oxygen atoms in total. The van der Waals surface area contributed by atoms with Crippen molar-refractivity contribution in [3.05, 3.63) is 0 Å². The molecule has 2 fully saturated rings. The highest BCUT2D eigenvalue weighted by Gasteiger charge is 2.84. The fourth-order valence-corrected chi connectivity index (χ4v) is 6.19. The van der Waals surface area contributed by atoms with Gasteiger partial charge in [-0.15, -0.1) is 0 Å². The third-order valence-electron chi connectivity index (χ3n) is 3.01. The van der Waals surface area contributed by atoms with Crippen molar-refractivity contribution < 1.29 is 35.7 Å². The van der Waals surface area contributed by atoms with Crippen molar-refractivity contribution in [1.82, 2.24) is 4.72 Å². The minimum absolute atomic E-state index is 0.0205. The molecule has 2 rings (SSSR count). The molecule has 0 aromatic heterocycles. The molecule has 0 amide bonds. The van der Waals surface area contributed by atoms with Crippen LogP contribution in [0.3, 0.4) is 0 Å². The number of quaternary nitrogens is 1. The summed E-state index contributed by atoms with van der Waals surface area (Å²) >= 11 is 0. The van der Waals surface area contributed by atoms with Crippen molar-refractivity contribution in [3.63, 3.8) is 0 Å². The van der Waals surface area contributed by atoms with E-state index in [9.17, 15) is 26.7 Å². The number of hydrogen-bond acceptors (Lipinski definition) is 6. The van der Waals surface area contributed by atoms with Crippen molar-refractivity contribution in [2.45, 2.75) is 17.9 Å². The average molecular weight is 301 g/mol. The highest BCUT2D eigenvalue weighted by Crippen LogP contribution is 2.51. The van der Waals surface area contributed by atoms with E-state index in [2.05, 4.69) is 0 Å². The molecule has 18 heavy (non-hydrogen) atoms. The molecule has 2 aliphatic rings. The number of aliphatic hydroxyl groups excluding tert-OH is 1. The average Bonchev–Trinajstić information content (AvgIpc) is 3.01. The van der Waals surface area contributed by atoms with Gasteiger partial charge in [-0.25, -0.2) is 13.1 Å². The number of carbonyl (C=O) groups is 1. The first-order chi connectivity index (χ1) is 8.11. The SMILES string of the molecule is O=C(O)CC(O)CNS(=O)(=O)C1C[N+]12CS2(=O)=O. The third kappa shape index (κ3) is 2.23. The maximum atomic E-state index is 11.7. The molecule has 0 aliphatic carbocycles. The molecule has 2 saturated heterocycles. The van der Waals surface area contributed by atoms with Crippen LogP contribution in [0.5, 0.6) is 0 Å². The molecular formula is C7H13N2O7S2+. The fraction of sp³-hybridized carbons (Fsp3) is 0.857. The molecule has 0 aromatic carbocycles. The molecule has 3 N–H and O–H groups in total. The van der Waals surface area contributed by atoms with Gasteiger partial charge in [-0.05, 0) is 0 Å². The van der Waals surface area contributed by atoms with Gasteiger partial charge in [-0.1, -0.05) is 0 Å². The van der Waals surface area contributed by atoms with Crippen LogP contribution in [0.15, 0.2) is 0 Å². The predicted octanol–water partition coefficient (Wildman–Crippen LogP) is -2.80. The van der Waals surface area contributed by atoms with E-state index in [1.165, 1.54) is 0 Å². The summed E-state index contributed by atoms with van der Waals surface area (Å²) in [5.41, 5.74) is 0. The van der Waals surface area contributed by atoms with Crippen LogP contribution in [0.1, 0.15) is 6.42 Å². The number of nitrogens with zero attached hydrogens (tertiary/aromatic N) is 1. The molecule has 0 radical (unpaired) electrons. The minimum Gasteiger partial charge on any atom is -0.481 e. The van der Waals surface area contributed by atoms with Gasteiger partial charge in [0, 0.05) is 6.54 Å². The molecule has 11 heteroatoms. The molecule has 2 heterocycles. The van der Waals surface area contributed by atoms with Crippen molar-refractivity contribution in [2.24, 2.45) is 0 Å². The van der Waals surface area contributed by atoms with Crippen molar-refractivity contribution in [1.29, 1.82) is 0 Å². The van der Waals surface area contributed by atoms with Crippen molar-refractivity contribution in [2.75, 3.05) is 19.0 Å². The minimum atomic E-state index is -3.84. The standard InChI is InChI=1S/C7H12N2O7S2/c10-5(1-7(11)12)2-8-18(15,16)6-3-9(6)4-17(9,13)14/h5-6,8,10H,1-4H2/p+1. The molecule has 3 atom stereocenters. The summed E-state index contributed by atoms with van der Waals surface area (Å²) < 4.78 is 47.3. The largest absolute Gasteiger partial charge is 0.481 e. The first-order valence-electron chi connectivity index (χ1n) is 5.09. The summed E-state index contributed by atoms with van der Waals surface area (Å²) in [6, 6.07) is 0. The Balaban J connectivity index is 1.89. The van der Waals surface area contributed by atoms with Gasteiger partial charge in [0.05, 0.1) is 12.5 Å². The predicted molar refractivity (Wildman–Crippen MR) is 57.9 cm³/mol. The molecule has 104 valence electrons. The van der Waals surface area contributed by atoms with Crippen LogP contribution in [-0.2, 0) is 24.8 Å². The summed E-state index contributed by atoms with van der Waals surface area (Å²) in [7, 11) is -7.16. The first-order valence-corrected chi connectivity index (χ1v) is 8.24. The summed E-state index contributed by atoms with van der Waals surface area (Å²) in [6.45, 7) is -0.419. The maximum absolute atomic E-state index is 11.7. The second kappa shape index (κ2) is 3.87. The lowest BCUT2D eigenvalue weighted by molar-refractivity contribution is -0.581. The van der Waals surface area contributed by atoms with E-state index >= 15 is 0 Å². The fourth-order valence-electron chi connectivity index (χ4n) is 1.83. The van der Waals surface area contributed by atoms with Gasteiger partial charge < -0.3 is 10.2 Å². The van der Waals surface area contributed by atoms with Crippen molar-refractivity contribution >= 4 is 26.0 Å². The van der Waals surface area contributed by atoms with E-state index in [4.69, 9.17) is 5.11 Å². The van der Waals surface area contributed by atoms with Crippen molar-refractivity contribution in [3.8, 4) is 0 Å². The number of rotatable bonds is 6. The lowest BCUT2D eigenvalue weighted by atomic mass is 10.3. The third-order valence-corrected chi connectivity index (χ3v) is 7.11. The topological polar surface area (TPSA) is 138 Å². The normalized spacial score (nSPS) is 34.2.